The first-order valence-corrected chi connectivity index (χ1v) is 6.39. The van der Waals surface area contributed by atoms with E-state index in [1.54, 1.807) is 0 Å². The van der Waals surface area contributed by atoms with Gasteiger partial charge in [-0.3, -0.25) is 9.69 Å². The van der Waals surface area contributed by atoms with Gasteiger partial charge in [-0.15, -0.1) is 0 Å². The number of carboxylic acid groups (broad SMARTS) is 1. The van der Waals surface area contributed by atoms with Gasteiger partial charge in [0.2, 0.25) is 0 Å². The quantitative estimate of drug-likeness (QED) is 0.803. The first kappa shape index (κ1) is 13.5. The number of carbonyl (C=O) groups is 1. The van der Waals surface area contributed by atoms with Gasteiger partial charge in [-0.05, 0) is 39.2 Å². The second-order valence-electron chi connectivity index (χ2n) is 5.37. The first-order chi connectivity index (χ1) is 7.43. The molecule has 3 unspecified atom stereocenters. The van der Waals surface area contributed by atoms with Crippen LogP contribution >= 0.6 is 0 Å². The molecule has 1 N–H and O–H groups in total. The maximum absolute atomic E-state index is 11.4. The predicted octanol–water partition coefficient (Wildman–Crippen LogP) is 2.75. The number of carboxylic acids is 1. The molecule has 1 rings (SSSR count). The third-order valence-corrected chi connectivity index (χ3v) is 4.49. The standard InChI is InChI=1S/C13H25NO2/c1-5-13(3,12(15)16)14(4)11-9-7-6-8-10(11)2/h10-11H,5-9H2,1-4H3,(H,15,16). The molecule has 1 saturated carbocycles. The predicted molar refractivity (Wildman–Crippen MR) is 65.5 cm³/mol. The van der Waals surface area contributed by atoms with E-state index in [0.717, 1.165) is 6.42 Å². The van der Waals surface area contributed by atoms with E-state index in [0.29, 0.717) is 18.4 Å². The average molecular weight is 227 g/mol. The molecule has 1 fully saturated rings. The molecule has 0 bridgehead atoms. The van der Waals surface area contributed by atoms with Crippen molar-refractivity contribution in [2.24, 2.45) is 5.92 Å². The van der Waals surface area contributed by atoms with E-state index in [1.165, 1.54) is 19.3 Å². The highest BCUT2D eigenvalue weighted by atomic mass is 16.4. The van der Waals surface area contributed by atoms with Crippen LogP contribution in [0.15, 0.2) is 0 Å². The van der Waals surface area contributed by atoms with E-state index < -0.39 is 11.5 Å². The van der Waals surface area contributed by atoms with Crippen LogP contribution in [-0.2, 0) is 4.79 Å². The maximum atomic E-state index is 11.4. The third kappa shape index (κ3) is 2.40. The highest BCUT2D eigenvalue weighted by molar-refractivity contribution is 5.78. The van der Waals surface area contributed by atoms with E-state index in [9.17, 15) is 9.90 Å². The topological polar surface area (TPSA) is 40.5 Å². The Labute approximate surface area is 98.8 Å². The zero-order valence-corrected chi connectivity index (χ0v) is 11.0. The molecule has 3 heteroatoms. The van der Waals surface area contributed by atoms with Gasteiger partial charge in [-0.25, -0.2) is 0 Å². The molecule has 0 amide bonds. The lowest BCUT2D eigenvalue weighted by molar-refractivity contribution is -0.152. The lowest BCUT2D eigenvalue weighted by Gasteiger charge is -2.44. The van der Waals surface area contributed by atoms with Crippen molar-refractivity contribution >= 4 is 5.97 Å². The van der Waals surface area contributed by atoms with Crippen LogP contribution < -0.4 is 0 Å². The van der Waals surface area contributed by atoms with E-state index in [-0.39, 0.29) is 0 Å². The van der Waals surface area contributed by atoms with Crippen LogP contribution in [-0.4, -0.2) is 34.6 Å². The molecule has 3 atom stereocenters. The van der Waals surface area contributed by atoms with Crippen molar-refractivity contribution in [1.29, 1.82) is 0 Å². The van der Waals surface area contributed by atoms with Crippen LogP contribution in [0.5, 0.6) is 0 Å². The summed E-state index contributed by atoms with van der Waals surface area (Å²) < 4.78 is 0. The minimum Gasteiger partial charge on any atom is -0.480 e. The van der Waals surface area contributed by atoms with E-state index >= 15 is 0 Å². The summed E-state index contributed by atoms with van der Waals surface area (Å²) in [4.78, 5) is 13.5. The van der Waals surface area contributed by atoms with Crippen molar-refractivity contribution in [3.05, 3.63) is 0 Å². The summed E-state index contributed by atoms with van der Waals surface area (Å²) in [5.74, 6) is -0.0840. The molecule has 16 heavy (non-hydrogen) atoms. The molecule has 0 saturated heterocycles. The number of aliphatic carboxylic acids is 1. The zero-order chi connectivity index (χ0) is 12.3. The number of rotatable bonds is 4. The second-order valence-corrected chi connectivity index (χ2v) is 5.37. The van der Waals surface area contributed by atoms with Crippen LogP contribution in [0, 0.1) is 5.92 Å². The Bertz CT molecular complexity index is 254. The van der Waals surface area contributed by atoms with E-state index in [4.69, 9.17) is 0 Å². The van der Waals surface area contributed by atoms with E-state index in [1.807, 2.05) is 20.9 Å². The largest absolute Gasteiger partial charge is 0.480 e. The molecular formula is C13H25NO2. The Morgan fingerprint density at radius 1 is 1.44 bits per heavy atom. The van der Waals surface area contributed by atoms with Crippen molar-refractivity contribution in [3.63, 3.8) is 0 Å². The summed E-state index contributed by atoms with van der Waals surface area (Å²) in [6.07, 6.45) is 5.55. The van der Waals surface area contributed by atoms with Crippen LogP contribution in [0.25, 0.3) is 0 Å². The van der Waals surface area contributed by atoms with Gasteiger partial charge >= 0.3 is 5.97 Å². The Kier molecular flexibility index (Phi) is 4.36. The van der Waals surface area contributed by atoms with Crippen molar-refractivity contribution < 1.29 is 9.90 Å². The van der Waals surface area contributed by atoms with Crippen molar-refractivity contribution in [2.45, 2.75) is 64.5 Å². The van der Waals surface area contributed by atoms with Gasteiger partial charge in [0.1, 0.15) is 5.54 Å². The zero-order valence-electron chi connectivity index (χ0n) is 11.0. The van der Waals surface area contributed by atoms with Crippen LogP contribution in [0.4, 0.5) is 0 Å². The lowest BCUT2D eigenvalue weighted by Crippen LogP contribution is -2.56. The summed E-state index contributed by atoms with van der Waals surface area (Å²) in [6, 6.07) is 0.426. The minimum absolute atomic E-state index is 0.426. The number of likely N-dealkylation sites (N-methyl/N-ethyl adjacent to an activating group) is 1. The molecule has 0 heterocycles. The fourth-order valence-corrected chi connectivity index (χ4v) is 2.79. The molecule has 94 valence electrons. The molecule has 0 spiro atoms. The van der Waals surface area contributed by atoms with Gasteiger partial charge in [0, 0.05) is 6.04 Å². The Hall–Kier alpha value is -0.570. The Morgan fingerprint density at radius 3 is 2.44 bits per heavy atom. The number of nitrogens with zero attached hydrogens (tertiary/aromatic N) is 1. The fraction of sp³-hybridized carbons (Fsp3) is 0.923. The fourth-order valence-electron chi connectivity index (χ4n) is 2.79. The van der Waals surface area contributed by atoms with Crippen molar-refractivity contribution in [2.75, 3.05) is 7.05 Å². The van der Waals surface area contributed by atoms with Gasteiger partial charge in [0.15, 0.2) is 0 Å². The smallest absolute Gasteiger partial charge is 0.323 e. The van der Waals surface area contributed by atoms with Crippen LogP contribution in [0.2, 0.25) is 0 Å². The molecule has 1 aliphatic rings. The maximum Gasteiger partial charge on any atom is 0.323 e. The summed E-state index contributed by atoms with van der Waals surface area (Å²) >= 11 is 0. The Morgan fingerprint density at radius 2 is 2.00 bits per heavy atom. The van der Waals surface area contributed by atoms with Gasteiger partial charge < -0.3 is 5.11 Å². The van der Waals surface area contributed by atoms with Crippen LogP contribution in [0.1, 0.15) is 52.9 Å². The van der Waals surface area contributed by atoms with E-state index in [2.05, 4.69) is 11.8 Å². The van der Waals surface area contributed by atoms with Gasteiger partial charge in [0.05, 0.1) is 0 Å². The monoisotopic (exact) mass is 227 g/mol. The minimum atomic E-state index is -0.712. The lowest BCUT2D eigenvalue weighted by atomic mass is 9.82. The number of hydrogen-bond acceptors (Lipinski definition) is 2. The van der Waals surface area contributed by atoms with Gasteiger partial charge in [-0.1, -0.05) is 26.7 Å². The molecule has 0 aromatic rings. The highest BCUT2D eigenvalue weighted by Crippen LogP contribution is 2.32. The Balaban J connectivity index is 2.81. The SMILES string of the molecule is CCC(C)(C(=O)O)N(C)C1CCCCC1C. The molecule has 0 aromatic heterocycles. The first-order valence-electron chi connectivity index (χ1n) is 6.39. The normalized spacial score (nSPS) is 30.1. The summed E-state index contributed by atoms with van der Waals surface area (Å²) in [6.45, 7) is 6.05. The highest BCUT2D eigenvalue weighted by Gasteiger charge is 2.41. The molecule has 0 aromatic carbocycles. The van der Waals surface area contributed by atoms with Gasteiger partial charge in [-0.2, -0.15) is 0 Å². The van der Waals surface area contributed by atoms with Crippen molar-refractivity contribution in [1.82, 2.24) is 4.90 Å². The second kappa shape index (κ2) is 5.17. The molecule has 0 radical (unpaired) electrons. The van der Waals surface area contributed by atoms with Crippen LogP contribution in [0.3, 0.4) is 0 Å². The molecule has 0 aliphatic heterocycles. The summed E-state index contributed by atoms with van der Waals surface area (Å²) in [5.41, 5.74) is -0.712. The molecule has 1 aliphatic carbocycles. The molecule has 3 nitrogen and oxygen atoms in total. The summed E-state index contributed by atoms with van der Waals surface area (Å²) in [5, 5.41) is 9.38. The number of hydrogen-bond donors (Lipinski definition) is 1. The molecular weight excluding hydrogens is 202 g/mol. The third-order valence-electron chi connectivity index (χ3n) is 4.49. The average Bonchev–Trinajstić information content (AvgIpc) is 2.27. The van der Waals surface area contributed by atoms with Gasteiger partial charge in [0.25, 0.3) is 0 Å². The summed E-state index contributed by atoms with van der Waals surface area (Å²) in [7, 11) is 1.98. The van der Waals surface area contributed by atoms with Crippen molar-refractivity contribution in [3.8, 4) is 0 Å².